The molecule has 2 aliphatic rings. The van der Waals surface area contributed by atoms with Gasteiger partial charge in [0.25, 0.3) is 0 Å². The first-order chi connectivity index (χ1) is 12.3. The Morgan fingerprint density at radius 3 is 2.64 bits per heavy atom. The molecule has 4 rings (SSSR count). The predicted octanol–water partition coefficient (Wildman–Crippen LogP) is 2.08. The number of para-hydroxylation sites is 1. The van der Waals surface area contributed by atoms with Crippen LogP contribution in [0, 0.1) is 0 Å². The zero-order valence-electron chi connectivity index (χ0n) is 14.2. The second kappa shape index (κ2) is 7.09. The Labute approximate surface area is 147 Å². The molecule has 0 bridgehead atoms. The molecule has 0 aliphatic carbocycles. The fraction of sp³-hybridized carbons (Fsp3) is 0.421. The van der Waals surface area contributed by atoms with E-state index in [0.717, 1.165) is 44.3 Å². The fourth-order valence-electron chi connectivity index (χ4n) is 3.58. The van der Waals surface area contributed by atoms with E-state index < -0.39 is 0 Å². The van der Waals surface area contributed by atoms with Crippen LogP contribution in [-0.2, 0) is 4.79 Å². The first kappa shape index (κ1) is 15.9. The summed E-state index contributed by atoms with van der Waals surface area (Å²) in [6.45, 7) is 3.69. The van der Waals surface area contributed by atoms with Crippen LogP contribution in [0.1, 0.15) is 24.3 Å². The van der Waals surface area contributed by atoms with Gasteiger partial charge in [-0.15, -0.1) is 0 Å². The summed E-state index contributed by atoms with van der Waals surface area (Å²) in [5.41, 5.74) is 1.17. The van der Waals surface area contributed by atoms with Gasteiger partial charge in [0.1, 0.15) is 5.75 Å². The Bertz CT molecular complexity index is 729. The van der Waals surface area contributed by atoms with Crippen molar-refractivity contribution in [3.63, 3.8) is 0 Å². The zero-order valence-corrected chi connectivity index (χ0v) is 14.2. The van der Waals surface area contributed by atoms with E-state index >= 15 is 0 Å². The van der Waals surface area contributed by atoms with Crippen LogP contribution in [0.2, 0.25) is 0 Å². The molecular formula is C19H22N4O2. The molecule has 6 heteroatoms. The molecule has 1 saturated heterocycles. The van der Waals surface area contributed by atoms with Crippen molar-refractivity contribution in [3.05, 3.63) is 48.3 Å². The third-order valence-corrected chi connectivity index (χ3v) is 4.97. The molecule has 1 fully saturated rings. The largest absolute Gasteiger partial charge is 0.493 e. The number of nitrogens with zero attached hydrogens (tertiary/aromatic N) is 4. The number of anilines is 1. The van der Waals surface area contributed by atoms with Crippen molar-refractivity contribution in [3.8, 4) is 5.75 Å². The molecule has 130 valence electrons. The number of hydrogen-bond acceptors (Lipinski definition) is 5. The molecule has 0 spiro atoms. The summed E-state index contributed by atoms with van der Waals surface area (Å²) < 4.78 is 5.70. The summed E-state index contributed by atoms with van der Waals surface area (Å²) in [6, 6.07) is 9.88. The van der Waals surface area contributed by atoms with Gasteiger partial charge in [-0.3, -0.25) is 4.79 Å². The molecule has 1 atom stereocenters. The molecule has 2 aromatic rings. The van der Waals surface area contributed by atoms with E-state index in [0.29, 0.717) is 13.0 Å². The third kappa shape index (κ3) is 3.43. The lowest BCUT2D eigenvalue weighted by atomic mass is 9.90. The van der Waals surface area contributed by atoms with Crippen molar-refractivity contribution in [2.75, 3.05) is 37.7 Å². The number of rotatable bonds is 3. The van der Waals surface area contributed by atoms with Crippen molar-refractivity contribution in [2.45, 2.75) is 18.8 Å². The number of fused-ring (bicyclic) bond motifs is 1. The van der Waals surface area contributed by atoms with Gasteiger partial charge in [0.2, 0.25) is 11.9 Å². The Kier molecular flexibility index (Phi) is 4.50. The summed E-state index contributed by atoms with van der Waals surface area (Å²) in [5, 5.41) is 0. The highest BCUT2D eigenvalue weighted by atomic mass is 16.5. The standard InChI is InChI=1S/C19H22N4O2/c24-18(14-15-6-13-25-17-5-2-1-4-16(15)17)22-9-11-23(12-10-22)19-20-7-3-8-21-19/h1-5,7-8,15H,6,9-14H2. The summed E-state index contributed by atoms with van der Waals surface area (Å²) in [5.74, 6) is 2.16. The maximum atomic E-state index is 12.8. The minimum absolute atomic E-state index is 0.232. The average Bonchev–Trinajstić information content (AvgIpc) is 2.69. The highest BCUT2D eigenvalue weighted by Gasteiger charge is 2.28. The van der Waals surface area contributed by atoms with E-state index in [4.69, 9.17) is 4.74 Å². The Morgan fingerprint density at radius 1 is 1.08 bits per heavy atom. The monoisotopic (exact) mass is 338 g/mol. The molecule has 0 saturated carbocycles. The van der Waals surface area contributed by atoms with E-state index in [-0.39, 0.29) is 11.8 Å². The summed E-state index contributed by atoms with van der Waals surface area (Å²) >= 11 is 0. The number of benzene rings is 1. The first-order valence-corrected chi connectivity index (χ1v) is 8.83. The Morgan fingerprint density at radius 2 is 1.84 bits per heavy atom. The van der Waals surface area contributed by atoms with Crippen LogP contribution < -0.4 is 9.64 Å². The molecule has 1 amide bonds. The van der Waals surface area contributed by atoms with E-state index in [1.165, 1.54) is 5.56 Å². The van der Waals surface area contributed by atoms with Gasteiger partial charge in [-0.25, -0.2) is 9.97 Å². The Hall–Kier alpha value is -2.63. The Balaban J connectivity index is 1.36. The van der Waals surface area contributed by atoms with Crippen molar-refractivity contribution >= 4 is 11.9 Å². The lowest BCUT2D eigenvalue weighted by Gasteiger charge is -2.35. The van der Waals surface area contributed by atoms with E-state index in [2.05, 4.69) is 20.9 Å². The van der Waals surface area contributed by atoms with Gasteiger partial charge in [-0.2, -0.15) is 0 Å². The van der Waals surface area contributed by atoms with Gasteiger partial charge in [0.05, 0.1) is 6.61 Å². The van der Waals surface area contributed by atoms with Gasteiger partial charge in [0.15, 0.2) is 0 Å². The van der Waals surface area contributed by atoms with Gasteiger partial charge in [-0.05, 0) is 30.0 Å². The molecule has 6 nitrogen and oxygen atoms in total. The van der Waals surface area contributed by atoms with Gasteiger partial charge >= 0.3 is 0 Å². The second-order valence-electron chi connectivity index (χ2n) is 6.49. The number of piperazine rings is 1. The van der Waals surface area contributed by atoms with E-state index in [9.17, 15) is 4.79 Å². The van der Waals surface area contributed by atoms with E-state index in [1.54, 1.807) is 12.4 Å². The minimum atomic E-state index is 0.232. The van der Waals surface area contributed by atoms with Crippen molar-refractivity contribution in [2.24, 2.45) is 0 Å². The average molecular weight is 338 g/mol. The lowest BCUT2D eigenvalue weighted by Crippen LogP contribution is -2.49. The van der Waals surface area contributed by atoms with Crippen LogP contribution in [0.4, 0.5) is 5.95 Å². The zero-order chi connectivity index (χ0) is 17.1. The van der Waals surface area contributed by atoms with Crippen molar-refractivity contribution in [1.82, 2.24) is 14.9 Å². The van der Waals surface area contributed by atoms with Crippen LogP contribution >= 0.6 is 0 Å². The summed E-state index contributed by atoms with van der Waals surface area (Å²) in [7, 11) is 0. The van der Waals surface area contributed by atoms with Crippen molar-refractivity contribution < 1.29 is 9.53 Å². The van der Waals surface area contributed by atoms with Gasteiger partial charge in [-0.1, -0.05) is 18.2 Å². The molecule has 2 aliphatic heterocycles. The SMILES string of the molecule is O=C(CC1CCOc2ccccc21)N1CCN(c2ncccn2)CC1. The highest BCUT2D eigenvalue weighted by Crippen LogP contribution is 2.35. The van der Waals surface area contributed by atoms with Crippen LogP contribution in [0.3, 0.4) is 0 Å². The molecule has 1 aromatic heterocycles. The highest BCUT2D eigenvalue weighted by molar-refractivity contribution is 5.77. The topological polar surface area (TPSA) is 58.6 Å². The summed E-state index contributed by atoms with van der Waals surface area (Å²) in [4.78, 5) is 25.4. The van der Waals surface area contributed by atoms with Crippen LogP contribution in [0.5, 0.6) is 5.75 Å². The number of hydrogen-bond donors (Lipinski definition) is 0. The van der Waals surface area contributed by atoms with Crippen LogP contribution in [0.25, 0.3) is 0 Å². The van der Waals surface area contributed by atoms with Gasteiger partial charge < -0.3 is 14.5 Å². The fourth-order valence-corrected chi connectivity index (χ4v) is 3.58. The molecular weight excluding hydrogens is 316 g/mol. The normalized spacial score (nSPS) is 19.9. The van der Waals surface area contributed by atoms with Gasteiger partial charge in [0, 0.05) is 45.0 Å². The van der Waals surface area contributed by atoms with Crippen LogP contribution in [0.15, 0.2) is 42.7 Å². The quantitative estimate of drug-likeness (QED) is 0.858. The number of carbonyl (C=O) groups excluding carboxylic acids is 1. The molecule has 0 radical (unpaired) electrons. The molecule has 3 heterocycles. The molecule has 1 aromatic carbocycles. The summed E-state index contributed by atoms with van der Waals surface area (Å²) in [6.07, 6.45) is 4.97. The smallest absolute Gasteiger partial charge is 0.225 e. The lowest BCUT2D eigenvalue weighted by molar-refractivity contribution is -0.132. The molecule has 1 unspecified atom stereocenters. The van der Waals surface area contributed by atoms with Crippen LogP contribution in [-0.4, -0.2) is 53.6 Å². The number of amides is 1. The molecule has 25 heavy (non-hydrogen) atoms. The van der Waals surface area contributed by atoms with E-state index in [1.807, 2.05) is 29.2 Å². The maximum absolute atomic E-state index is 12.8. The number of carbonyl (C=O) groups is 1. The van der Waals surface area contributed by atoms with Crippen molar-refractivity contribution in [1.29, 1.82) is 0 Å². The minimum Gasteiger partial charge on any atom is -0.493 e. The third-order valence-electron chi connectivity index (χ3n) is 4.97. The maximum Gasteiger partial charge on any atom is 0.225 e. The predicted molar refractivity (Wildman–Crippen MR) is 94.7 cm³/mol. The number of ether oxygens (including phenoxy) is 1. The number of aromatic nitrogens is 2. The molecule has 0 N–H and O–H groups in total. The second-order valence-corrected chi connectivity index (χ2v) is 6.49. The first-order valence-electron chi connectivity index (χ1n) is 8.83.